The molecule has 2 atom stereocenters. The fraction of sp³-hybridized carbons (Fsp3) is 0.278. The van der Waals surface area contributed by atoms with Crippen molar-refractivity contribution in [3.63, 3.8) is 0 Å². The van der Waals surface area contributed by atoms with Crippen LogP contribution in [0, 0.1) is 0 Å². The molecule has 0 aliphatic heterocycles. The van der Waals surface area contributed by atoms with Crippen molar-refractivity contribution in [1.82, 2.24) is 0 Å². The van der Waals surface area contributed by atoms with Gasteiger partial charge >= 0.3 is 0 Å². The molecule has 0 aliphatic carbocycles. The number of hydrogen-bond donors (Lipinski definition) is 2. The molecule has 0 heterocycles. The van der Waals surface area contributed by atoms with E-state index in [2.05, 4.69) is 5.32 Å². The molecular formula is C18H21Cl2N2O2+. The van der Waals surface area contributed by atoms with Crippen LogP contribution in [0.15, 0.2) is 42.5 Å². The van der Waals surface area contributed by atoms with Gasteiger partial charge in [-0.25, -0.2) is 0 Å². The summed E-state index contributed by atoms with van der Waals surface area (Å²) in [6.07, 6.45) is 0. The normalized spacial score (nSPS) is 13.2. The fourth-order valence-electron chi connectivity index (χ4n) is 2.32. The second-order valence-electron chi connectivity index (χ2n) is 5.71. The zero-order valence-electron chi connectivity index (χ0n) is 13.9. The first-order valence-electron chi connectivity index (χ1n) is 7.62. The molecule has 6 heteroatoms. The summed E-state index contributed by atoms with van der Waals surface area (Å²) in [5.74, 6) is 0.697. The lowest BCUT2D eigenvalue weighted by molar-refractivity contribution is -0.907. The molecule has 24 heavy (non-hydrogen) atoms. The predicted molar refractivity (Wildman–Crippen MR) is 98.1 cm³/mol. The lowest BCUT2D eigenvalue weighted by Gasteiger charge is -2.21. The van der Waals surface area contributed by atoms with Crippen LogP contribution in [0.4, 0.5) is 5.69 Å². The van der Waals surface area contributed by atoms with Crippen molar-refractivity contribution in [2.45, 2.75) is 19.5 Å². The summed E-state index contributed by atoms with van der Waals surface area (Å²) in [5.41, 5.74) is 1.63. The number of hydrogen-bond acceptors (Lipinski definition) is 2. The van der Waals surface area contributed by atoms with E-state index in [-0.39, 0.29) is 11.9 Å². The highest BCUT2D eigenvalue weighted by Crippen LogP contribution is 2.25. The van der Waals surface area contributed by atoms with E-state index in [1.165, 1.54) is 0 Å². The third-order valence-electron chi connectivity index (χ3n) is 3.94. The minimum Gasteiger partial charge on any atom is -0.497 e. The smallest absolute Gasteiger partial charge is 0.282 e. The van der Waals surface area contributed by atoms with Crippen LogP contribution >= 0.6 is 23.2 Å². The number of amides is 1. The van der Waals surface area contributed by atoms with Crippen molar-refractivity contribution in [3.8, 4) is 5.75 Å². The summed E-state index contributed by atoms with van der Waals surface area (Å²) >= 11 is 12.0. The van der Waals surface area contributed by atoms with E-state index in [1.807, 2.05) is 38.2 Å². The number of likely N-dealkylation sites (N-methyl/N-ethyl adjacent to an activating group) is 1. The number of anilines is 1. The van der Waals surface area contributed by atoms with Crippen LogP contribution in [0.2, 0.25) is 10.0 Å². The average molecular weight is 368 g/mol. The molecular weight excluding hydrogens is 347 g/mol. The van der Waals surface area contributed by atoms with Gasteiger partial charge in [-0.15, -0.1) is 0 Å². The van der Waals surface area contributed by atoms with E-state index >= 15 is 0 Å². The first-order chi connectivity index (χ1) is 11.4. The standard InChI is InChI=1S/C18H20Cl2N2O2/c1-12(18(23)21-17-10-14(19)7-8-16(17)20)22(2)11-13-5-4-6-15(9-13)24-3/h4-10,12H,11H2,1-3H3,(H,21,23)/p+1/t12-/m1/s1. The van der Waals surface area contributed by atoms with Gasteiger partial charge < -0.3 is 15.0 Å². The Hall–Kier alpha value is -1.75. The topological polar surface area (TPSA) is 42.8 Å². The van der Waals surface area contributed by atoms with Gasteiger partial charge in [0, 0.05) is 10.6 Å². The van der Waals surface area contributed by atoms with E-state index in [0.717, 1.165) is 16.2 Å². The van der Waals surface area contributed by atoms with Crippen LogP contribution in [-0.4, -0.2) is 26.1 Å². The van der Waals surface area contributed by atoms with E-state index < -0.39 is 0 Å². The lowest BCUT2D eigenvalue weighted by atomic mass is 10.1. The third-order valence-corrected chi connectivity index (χ3v) is 4.50. The number of nitrogens with one attached hydrogen (secondary N) is 2. The molecule has 128 valence electrons. The molecule has 0 fully saturated rings. The monoisotopic (exact) mass is 367 g/mol. The average Bonchev–Trinajstić information content (AvgIpc) is 2.57. The molecule has 0 saturated heterocycles. The molecule has 4 nitrogen and oxygen atoms in total. The molecule has 2 aromatic rings. The second-order valence-corrected chi connectivity index (χ2v) is 6.55. The quantitative estimate of drug-likeness (QED) is 0.823. The summed E-state index contributed by atoms with van der Waals surface area (Å²) in [5, 5.41) is 3.83. The molecule has 2 rings (SSSR count). The highest BCUT2D eigenvalue weighted by atomic mass is 35.5. The largest absolute Gasteiger partial charge is 0.497 e. The molecule has 1 unspecified atom stereocenters. The third kappa shape index (κ3) is 4.87. The van der Waals surface area contributed by atoms with Crippen molar-refractivity contribution in [1.29, 1.82) is 0 Å². The van der Waals surface area contributed by atoms with Gasteiger partial charge in [0.2, 0.25) is 0 Å². The maximum Gasteiger partial charge on any atom is 0.282 e. The Kier molecular flexibility index (Phi) is 6.49. The fourth-order valence-corrected chi connectivity index (χ4v) is 2.65. The summed E-state index contributed by atoms with van der Waals surface area (Å²) in [7, 11) is 3.61. The Morgan fingerprint density at radius 2 is 2.00 bits per heavy atom. The van der Waals surface area contributed by atoms with Gasteiger partial charge in [-0.05, 0) is 37.3 Å². The molecule has 1 amide bonds. The van der Waals surface area contributed by atoms with E-state index in [0.29, 0.717) is 22.3 Å². The molecule has 0 bridgehead atoms. The summed E-state index contributed by atoms with van der Waals surface area (Å²) in [6, 6.07) is 12.6. The van der Waals surface area contributed by atoms with E-state index in [4.69, 9.17) is 27.9 Å². The van der Waals surface area contributed by atoms with E-state index in [1.54, 1.807) is 25.3 Å². The van der Waals surface area contributed by atoms with Gasteiger partial charge in [0.1, 0.15) is 12.3 Å². The highest BCUT2D eigenvalue weighted by Gasteiger charge is 2.23. The van der Waals surface area contributed by atoms with Gasteiger partial charge in [-0.2, -0.15) is 0 Å². The number of benzene rings is 2. The van der Waals surface area contributed by atoms with E-state index in [9.17, 15) is 4.79 Å². The number of ether oxygens (including phenoxy) is 1. The molecule has 2 N–H and O–H groups in total. The second kappa shape index (κ2) is 8.38. The number of carbonyl (C=O) groups excluding carboxylic acids is 1. The summed E-state index contributed by atoms with van der Waals surface area (Å²) in [4.78, 5) is 13.5. The van der Waals surface area contributed by atoms with Crippen LogP contribution in [0.5, 0.6) is 5.75 Å². The SMILES string of the molecule is COc1cccc(C[NH+](C)[C@H](C)C(=O)Nc2cc(Cl)ccc2Cl)c1. The van der Waals surface area contributed by atoms with Crippen molar-refractivity contribution < 1.29 is 14.4 Å². The van der Waals surface area contributed by atoms with Gasteiger partial charge in [-0.1, -0.05) is 35.3 Å². The van der Waals surface area contributed by atoms with Crippen LogP contribution in [0.1, 0.15) is 12.5 Å². The maximum atomic E-state index is 12.5. The number of halogens is 2. The minimum atomic E-state index is -0.258. The molecule has 2 aromatic carbocycles. The number of methoxy groups -OCH3 is 1. The summed E-state index contributed by atoms with van der Waals surface area (Å²) < 4.78 is 5.23. The van der Waals surface area contributed by atoms with Crippen molar-refractivity contribution in [2.75, 3.05) is 19.5 Å². The van der Waals surface area contributed by atoms with Crippen LogP contribution < -0.4 is 15.0 Å². The van der Waals surface area contributed by atoms with Gasteiger partial charge in [0.05, 0.1) is 24.9 Å². The Morgan fingerprint density at radius 1 is 1.25 bits per heavy atom. The summed E-state index contributed by atoms with van der Waals surface area (Å²) in [6.45, 7) is 2.58. The zero-order chi connectivity index (χ0) is 17.7. The minimum absolute atomic E-state index is 0.112. The molecule has 0 saturated carbocycles. The van der Waals surface area contributed by atoms with Gasteiger partial charge in [0.15, 0.2) is 6.04 Å². The first-order valence-corrected chi connectivity index (χ1v) is 8.37. The highest BCUT2D eigenvalue weighted by molar-refractivity contribution is 6.35. The Morgan fingerprint density at radius 3 is 2.71 bits per heavy atom. The number of carbonyl (C=O) groups is 1. The van der Waals surface area contributed by atoms with Crippen molar-refractivity contribution in [2.24, 2.45) is 0 Å². The van der Waals surface area contributed by atoms with Crippen molar-refractivity contribution in [3.05, 3.63) is 58.1 Å². The van der Waals surface area contributed by atoms with Gasteiger partial charge in [-0.3, -0.25) is 4.79 Å². The number of rotatable bonds is 6. The van der Waals surface area contributed by atoms with Crippen LogP contribution in [-0.2, 0) is 11.3 Å². The van der Waals surface area contributed by atoms with Crippen LogP contribution in [0.25, 0.3) is 0 Å². The Labute approximate surface area is 152 Å². The molecule has 0 aromatic heterocycles. The number of quaternary nitrogens is 1. The predicted octanol–water partition coefficient (Wildman–Crippen LogP) is 3.04. The van der Waals surface area contributed by atoms with Crippen molar-refractivity contribution >= 4 is 34.8 Å². The van der Waals surface area contributed by atoms with Gasteiger partial charge in [0.25, 0.3) is 5.91 Å². The molecule has 0 aliphatic rings. The van der Waals surface area contributed by atoms with Crippen LogP contribution in [0.3, 0.4) is 0 Å². The lowest BCUT2D eigenvalue weighted by Crippen LogP contribution is -3.12. The maximum absolute atomic E-state index is 12.5. The zero-order valence-corrected chi connectivity index (χ0v) is 15.4. The first kappa shape index (κ1) is 18.6. The Balaban J connectivity index is 2.02. The molecule has 0 spiro atoms. The Bertz CT molecular complexity index is 722. The molecule has 0 radical (unpaired) electrons.